The molecule has 0 bridgehead atoms. The van der Waals surface area contributed by atoms with Crippen LogP contribution < -0.4 is 10.6 Å². The fourth-order valence-electron chi connectivity index (χ4n) is 3.68. The number of aromatic amines is 1. The van der Waals surface area contributed by atoms with Gasteiger partial charge in [-0.1, -0.05) is 50.3 Å². The maximum atomic E-state index is 12.7. The van der Waals surface area contributed by atoms with Crippen molar-refractivity contribution >= 4 is 29.0 Å². The molecule has 1 fully saturated rings. The van der Waals surface area contributed by atoms with E-state index in [1.165, 1.54) is 19.3 Å². The lowest BCUT2D eigenvalue weighted by Crippen LogP contribution is -2.48. The molecule has 1 atom stereocenters. The predicted molar refractivity (Wildman–Crippen MR) is 99.8 cm³/mol. The van der Waals surface area contributed by atoms with Crippen LogP contribution in [0.15, 0.2) is 30.3 Å². The summed E-state index contributed by atoms with van der Waals surface area (Å²) in [4.78, 5) is 38.7. The van der Waals surface area contributed by atoms with Crippen LogP contribution >= 0.6 is 0 Å². The zero-order valence-corrected chi connectivity index (χ0v) is 14.8. The summed E-state index contributed by atoms with van der Waals surface area (Å²) in [6.45, 7) is -0.0394. The maximum absolute atomic E-state index is 12.7. The number of nitrogens with one attached hydrogen (secondary N) is 3. The van der Waals surface area contributed by atoms with Gasteiger partial charge in [-0.25, -0.2) is 0 Å². The Bertz CT molecular complexity index is 744. The predicted octanol–water partition coefficient (Wildman–Crippen LogP) is 2.55. The third-order valence-electron chi connectivity index (χ3n) is 5.05. The van der Waals surface area contributed by atoms with Crippen LogP contribution in [0.5, 0.6) is 0 Å². The Kier molecular flexibility index (Phi) is 6.04. The monoisotopic (exact) mass is 355 g/mol. The third-order valence-corrected chi connectivity index (χ3v) is 5.05. The van der Waals surface area contributed by atoms with Crippen molar-refractivity contribution < 1.29 is 14.4 Å². The lowest BCUT2D eigenvalue weighted by molar-refractivity contribution is -0.124. The van der Waals surface area contributed by atoms with Crippen molar-refractivity contribution in [2.75, 3.05) is 6.54 Å². The molecule has 1 aromatic heterocycles. The van der Waals surface area contributed by atoms with Gasteiger partial charge in [-0.3, -0.25) is 9.59 Å². The van der Waals surface area contributed by atoms with E-state index in [0.717, 1.165) is 23.7 Å². The van der Waals surface area contributed by atoms with Gasteiger partial charge < -0.3 is 20.4 Å². The van der Waals surface area contributed by atoms with Gasteiger partial charge in [-0.05, 0) is 24.5 Å². The minimum absolute atomic E-state index is 0.0394. The zero-order valence-electron chi connectivity index (χ0n) is 14.8. The molecule has 138 valence electrons. The fourth-order valence-corrected chi connectivity index (χ4v) is 3.68. The number of fused-ring (bicyclic) bond motifs is 1. The van der Waals surface area contributed by atoms with E-state index < -0.39 is 6.04 Å². The molecule has 0 aliphatic heterocycles. The Morgan fingerprint density at radius 3 is 2.69 bits per heavy atom. The highest BCUT2D eigenvalue weighted by Gasteiger charge is 2.26. The zero-order chi connectivity index (χ0) is 18.4. The Morgan fingerprint density at radius 2 is 1.96 bits per heavy atom. The smallest absolute Gasteiger partial charge is 0.268 e. The summed E-state index contributed by atoms with van der Waals surface area (Å²) in [5.74, 6) is -0.172. The Morgan fingerprint density at radius 1 is 1.19 bits per heavy atom. The lowest BCUT2D eigenvalue weighted by atomic mass is 9.84. The number of hydrogen-bond acceptors (Lipinski definition) is 3. The normalized spacial score (nSPS) is 16.2. The van der Waals surface area contributed by atoms with Gasteiger partial charge in [0, 0.05) is 10.9 Å². The SMILES string of the molecule is O=CCNC(=O)C(CC1CCCCC1)NC(=O)c1cc2ccccc2[nH]1. The molecule has 1 aromatic carbocycles. The number of carbonyl (C=O) groups excluding carboxylic acids is 3. The van der Waals surface area contributed by atoms with E-state index >= 15 is 0 Å². The van der Waals surface area contributed by atoms with Crippen LogP contribution in [0.2, 0.25) is 0 Å². The Balaban J connectivity index is 1.71. The molecule has 26 heavy (non-hydrogen) atoms. The standard InChI is InChI=1S/C20H25N3O3/c24-11-10-21-19(25)17(12-14-6-2-1-3-7-14)23-20(26)18-13-15-8-4-5-9-16(15)22-18/h4-5,8-9,11,13-14,17,22H,1-3,6-7,10,12H2,(H,21,25)(H,23,26). The van der Waals surface area contributed by atoms with Crippen LogP contribution in [0, 0.1) is 5.92 Å². The highest BCUT2D eigenvalue weighted by Crippen LogP contribution is 2.27. The molecule has 3 N–H and O–H groups in total. The molecule has 6 nitrogen and oxygen atoms in total. The number of amides is 2. The van der Waals surface area contributed by atoms with Crippen LogP contribution in [-0.2, 0) is 9.59 Å². The minimum atomic E-state index is -0.628. The molecule has 1 saturated carbocycles. The van der Waals surface area contributed by atoms with Crippen molar-refractivity contribution in [2.24, 2.45) is 5.92 Å². The van der Waals surface area contributed by atoms with Crippen molar-refractivity contribution in [3.63, 3.8) is 0 Å². The summed E-state index contributed by atoms with van der Waals surface area (Å²) in [5.41, 5.74) is 1.31. The second-order valence-corrected chi connectivity index (χ2v) is 6.95. The molecule has 1 aliphatic rings. The van der Waals surface area contributed by atoms with Gasteiger partial charge in [0.25, 0.3) is 5.91 Å². The van der Waals surface area contributed by atoms with Crippen LogP contribution in [0.4, 0.5) is 0 Å². The van der Waals surface area contributed by atoms with E-state index in [9.17, 15) is 14.4 Å². The Labute approximate surface area is 152 Å². The number of H-pyrrole nitrogens is 1. The molecule has 1 heterocycles. The molecular weight excluding hydrogens is 330 g/mol. The summed E-state index contributed by atoms with van der Waals surface area (Å²) >= 11 is 0. The van der Waals surface area contributed by atoms with Crippen molar-refractivity contribution in [3.8, 4) is 0 Å². The second-order valence-electron chi connectivity index (χ2n) is 6.95. The molecule has 6 heteroatoms. The first-order chi connectivity index (χ1) is 12.7. The van der Waals surface area contributed by atoms with Crippen LogP contribution in [-0.4, -0.2) is 35.7 Å². The lowest BCUT2D eigenvalue weighted by Gasteiger charge is -2.26. The van der Waals surface area contributed by atoms with Gasteiger partial charge in [0.05, 0.1) is 6.54 Å². The summed E-state index contributed by atoms with van der Waals surface area (Å²) < 4.78 is 0. The second kappa shape index (κ2) is 8.65. The van der Waals surface area contributed by atoms with Gasteiger partial charge in [0.1, 0.15) is 18.0 Å². The third kappa shape index (κ3) is 4.50. The van der Waals surface area contributed by atoms with Crippen molar-refractivity contribution in [1.82, 2.24) is 15.6 Å². The molecule has 0 radical (unpaired) electrons. The van der Waals surface area contributed by atoms with Gasteiger partial charge in [-0.2, -0.15) is 0 Å². The molecule has 2 aromatic rings. The van der Waals surface area contributed by atoms with Gasteiger partial charge in [0.2, 0.25) is 5.91 Å². The highest BCUT2D eigenvalue weighted by molar-refractivity contribution is 6.00. The first-order valence-electron chi connectivity index (χ1n) is 9.27. The number of aromatic nitrogens is 1. The van der Waals surface area contributed by atoms with Crippen LogP contribution in [0.3, 0.4) is 0 Å². The molecular formula is C20H25N3O3. The van der Waals surface area contributed by atoms with Gasteiger partial charge >= 0.3 is 0 Å². The first kappa shape index (κ1) is 18.2. The number of hydrogen-bond donors (Lipinski definition) is 3. The quantitative estimate of drug-likeness (QED) is 0.667. The summed E-state index contributed by atoms with van der Waals surface area (Å²) in [6.07, 6.45) is 7.00. The topological polar surface area (TPSA) is 91.1 Å². The molecule has 1 unspecified atom stereocenters. The van der Waals surface area contributed by atoms with E-state index in [0.29, 0.717) is 24.3 Å². The average molecular weight is 355 g/mol. The molecule has 0 spiro atoms. The van der Waals surface area contributed by atoms with Crippen molar-refractivity contribution in [2.45, 2.75) is 44.6 Å². The van der Waals surface area contributed by atoms with E-state index in [2.05, 4.69) is 15.6 Å². The van der Waals surface area contributed by atoms with E-state index in [4.69, 9.17) is 0 Å². The highest BCUT2D eigenvalue weighted by atomic mass is 16.2. The molecule has 2 amide bonds. The largest absolute Gasteiger partial charge is 0.351 e. The van der Waals surface area contributed by atoms with E-state index in [1.807, 2.05) is 24.3 Å². The Hall–Kier alpha value is -2.63. The summed E-state index contributed by atoms with van der Waals surface area (Å²) in [6, 6.07) is 8.81. The van der Waals surface area contributed by atoms with Crippen molar-refractivity contribution in [1.29, 1.82) is 0 Å². The number of benzene rings is 1. The maximum Gasteiger partial charge on any atom is 0.268 e. The van der Waals surface area contributed by atoms with E-state index in [-0.39, 0.29) is 18.4 Å². The van der Waals surface area contributed by atoms with Gasteiger partial charge in [0.15, 0.2) is 0 Å². The number of carbonyl (C=O) groups is 3. The number of rotatable bonds is 7. The fraction of sp³-hybridized carbons (Fsp3) is 0.450. The summed E-state index contributed by atoms with van der Waals surface area (Å²) in [7, 11) is 0. The number of para-hydroxylation sites is 1. The first-order valence-corrected chi connectivity index (χ1v) is 9.27. The van der Waals surface area contributed by atoms with Crippen molar-refractivity contribution in [3.05, 3.63) is 36.0 Å². The molecule has 1 aliphatic carbocycles. The molecule has 0 saturated heterocycles. The van der Waals surface area contributed by atoms with Crippen LogP contribution in [0.1, 0.15) is 49.0 Å². The van der Waals surface area contributed by atoms with Crippen LogP contribution in [0.25, 0.3) is 10.9 Å². The van der Waals surface area contributed by atoms with E-state index in [1.54, 1.807) is 6.07 Å². The minimum Gasteiger partial charge on any atom is -0.351 e. The average Bonchev–Trinajstić information content (AvgIpc) is 3.10. The van der Waals surface area contributed by atoms with Gasteiger partial charge in [-0.15, -0.1) is 0 Å². The molecule has 3 rings (SSSR count). The summed E-state index contributed by atoms with van der Waals surface area (Å²) in [5, 5.41) is 6.38. The number of aldehydes is 1.